The third-order valence-electron chi connectivity index (χ3n) is 4.87. The first-order chi connectivity index (χ1) is 17.7. The maximum absolute atomic E-state index is 12.2. The third kappa shape index (κ3) is 8.95. The fourth-order valence-electron chi connectivity index (χ4n) is 3.44. The zero-order valence-electron chi connectivity index (χ0n) is 20.5. The summed E-state index contributed by atoms with van der Waals surface area (Å²) in [6, 6.07) is 10.2. The summed E-state index contributed by atoms with van der Waals surface area (Å²) in [7, 11) is -10.3. The summed E-state index contributed by atoms with van der Waals surface area (Å²) in [4.78, 5) is 9.41. The minimum atomic E-state index is -5.13. The molecule has 0 radical (unpaired) electrons. The van der Waals surface area contributed by atoms with E-state index < -0.39 is 30.0 Å². The van der Waals surface area contributed by atoms with Crippen LogP contribution in [0.4, 0.5) is 23.0 Å². The van der Waals surface area contributed by atoms with Crippen molar-refractivity contribution >= 4 is 92.1 Å². The summed E-state index contributed by atoms with van der Waals surface area (Å²) < 4.78 is 74.0. The summed E-state index contributed by atoms with van der Waals surface area (Å²) in [5, 5.41) is 5.68. The van der Waals surface area contributed by atoms with Gasteiger partial charge in [-0.3, -0.25) is 0 Å². The van der Waals surface area contributed by atoms with Gasteiger partial charge in [0.2, 0.25) is 0 Å². The number of aromatic amines is 4. The predicted molar refractivity (Wildman–Crippen MR) is 148 cm³/mol. The largest absolute Gasteiger partial charge is 1.00 e. The number of benzene rings is 2. The minimum absolute atomic E-state index is 0. The molecule has 0 saturated heterocycles. The average molecular weight is 673 g/mol. The Morgan fingerprint density at radius 1 is 0.575 bits per heavy atom. The molecule has 0 fully saturated rings. The van der Waals surface area contributed by atoms with Crippen LogP contribution in [0.25, 0.3) is 11.1 Å². The number of nitrogens with one attached hydrogen (secondary N) is 6. The Kier molecular flexibility index (Phi) is 12.2. The van der Waals surface area contributed by atoms with Gasteiger partial charge in [-0.2, -0.15) is 0 Å². The molecule has 6 N–H and O–H groups in total. The van der Waals surface area contributed by atoms with Crippen LogP contribution in [-0.2, 0) is 20.2 Å². The molecule has 0 saturated carbocycles. The van der Waals surface area contributed by atoms with E-state index in [4.69, 9.17) is 48.9 Å². The Morgan fingerprint density at radius 2 is 0.925 bits per heavy atom. The topological polar surface area (TPSA) is 202 Å². The molecule has 12 nitrogen and oxygen atoms in total. The SMILES string of the molecule is O=S(=O)([O-])c1cc(Nc2cc(=S)[nH]c(=S)[nH]2)ccc1-c1ccc(Nc2cc(=S)[nH]c(=S)[nH]2)cc1S(=O)(=O)[O-].[Na+].[Na+]. The minimum Gasteiger partial charge on any atom is -0.744 e. The Labute approximate surface area is 292 Å². The van der Waals surface area contributed by atoms with Crippen LogP contribution in [-0.4, -0.2) is 45.9 Å². The first-order valence-electron chi connectivity index (χ1n) is 10.1. The number of hydrogen-bond acceptors (Lipinski definition) is 12. The molecule has 20 heteroatoms. The molecule has 2 aromatic carbocycles. The van der Waals surface area contributed by atoms with Gasteiger partial charge in [0.15, 0.2) is 9.54 Å². The van der Waals surface area contributed by atoms with Gasteiger partial charge in [-0.25, -0.2) is 16.8 Å². The van der Waals surface area contributed by atoms with Gasteiger partial charge in [0, 0.05) is 34.6 Å². The first-order valence-corrected chi connectivity index (χ1v) is 14.6. The van der Waals surface area contributed by atoms with Gasteiger partial charge in [-0.1, -0.05) is 36.6 Å². The van der Waals surface area contributed by atoms with Crippen LogP contribution in [0.1, 0.15) is 0 Å². The molecule has 2 heterocycles. The van der Waals surface area contributed by atoms with Crippen LogP contribution in [0.3, 0.4) is 0 Å². The smallest absolute Gasteiger partial charge is 0.744 e. The summed E-state index contributed by atoms with van der Waals surface area (Å²) in [6.07, 6.45) is 0. The zero-order chi connectivity index (χ0) is 27.8. The van der Waals surface area contributed by atoms with Gasteiger partial charge in [0.25, 0.3) is 0 Å². The molecule has 0 spiro atoms. The van der Waals surface area contributed by atoms with Gasteiger partial charge >= 0.3 is 59.1 Å². The Hall–Kier alpha value is -1.10. The molecule has 0 atom stereocenters. The van der Waals surface area contributed by atoms with E-state index in [1.807, 2.05) is 0 Å². The Morgan fingerprint density at radius 3 is 1.23 bits per heavy atom. The van der Waals surface area contributed by atoms with Crippen LogP contribution in [0.15, 0.2) is 58.3 Å². The monoisotopic (exact) mass is 672 g/mol. The van der Waals surface area contributed by atoms with Crippen LogP contribution in [0.2, 0.25) is 0 Å². The molecule has 0 bridgehead atoms. The van der Waals surface area contributed by atoms with Crippen molar-refractivity contribution in [1.82, 2.24) is 19.9 Å². The number of rotatable bonds is 7. The summed E-state index contributed by atoms with van der Waals surface area (Å²) in [5.41, 5.74) is -0.275. The maximum Gasteiger partial charge on any atom is 1.00 e. The van der Waals surface area contributed by atoms with Crippen molar-refractivity contribution < 1.29 is 85.1 Å². The van der Waals surface area contributed by atoms with E-state index in [0.717, 1.165) is 12.1 Å². The van der Waals surface area contributed by atoms with Crippen molar-refractivity contribution in [3.8, 4) is 11.1 Å². The van der Waals surface area contributed by atoms with E-state index in [1.165, 1.54) is 36.4 Å². The van der Waals surface area contributed by atoms with Crippen molar-refractivity contribution in [2.24, 2.45) is 0 Å². The van der Waals surface area contributed by atoms with Crippen LogP contribution in [0, 0.1) is 18.8 Å². The predicted octanol–water partition coefficient (Wildman–Crippen LogP) is -1.11. The van der Waals surface area contributed by atoms with Crippen molar-refractivity contribution in [2.45, 2.75) is 9.79 Å². The Bertz CT molecular complexity index is 1840. The average Bonchev–Trinajstić information content (AvgIpc) is 2.76. The standard InChI is InChI=1S/C20H16N6O6S6.2Na/c27-37(28,29)13-5-9(21-15-7-17(33)25-19(35)23-15)1-3-11(13)12-4-2-10(6-14(12)38(30,31)32)22-16-8-18(34)26-20(36)24-16;;/h1-8H,(H,27,28,29)(H,30,31,32)(H3,21,23,25,33,35)(H3,22,24,26,34,36);;/q;2*+1/p-2. The molecule has 4 rings (SSSR count). The molecule has 4 aromatic rings. The van der Waals surface area contributed by atoms with Crippen molar-refractivity contribution in [1.29, 1.82) is 0 Å². The Balaban J connectivity index is 0.00000280. The fourth-order valence-corrected chi connectivity index (χ4v) is 5.89. The molecule has 0 aliphatic rings. The van der Waals surface area contributed by atoms with E-state index in [2.05, 4.69) is 30.6 Å². The van der Waals surface area contributed by atoms with Gasteiger partial charge in [0.05, 0.1) is 9.79 Å². The number of aromatic nitrogens is 4. The molecule has 0 aliphatic carbocycles. The van der Waals surface area contributed by atoms with Gasteiger partial charge in [0.1, 0.15) is 41.2 Å². The quantitative estimate of drug-likeness (QED) is 0.0787. The maximum atomic E-state index is 12.2. The molecular formula is C20H14N6Na2O6S6. The van der Waals surface area contributed by atoms with Gasteiger partial charge in [-0.05, 0) is 48.7 Å². The number of hydrogen-bond donors (Lipinski definition) is 6. The molecular weight excluding hydrogens is 659 g/mol. The van der Waals surface area contributed by atoms with Crippen LogP contribution >= 0.6 is 48.9 Å². The van der Waals surface area contributed by atoms with Crippen molar-refractivity contribution in [3.63, 3.8) is 0 Å². The number of H-pyrrole nitrogens is 4. The summed E-state index contributed by atoms with van der Waals surface area (Å²) >= 11 is 20.1. The normalized spacial score (nSPS) is 11.2. The van der Waals surface area contributed by atoms with Crippen LogP contribution < -0.4 is 69.7 Å². The van der Waals surface area contributed by atoms with Crippen molar-refractivity contribution in [2.75, 3.05) is 10.6 Å². The van der Waals surface area contributed by atoms with E-state index in [-0.39, 0.29) is 91.2 Å². The summed E-state index contributed by atoms with van der Waals surface area (Å²) in [6.45, 7) is 0. The van der Waals surface area contributed by atoms with Crippen LogP contribution in [0.5, 0.6) is 0 Å². The van der Waals surface area contributed by atoms with Gasteiger partial charge in [-0.15, -0.1) is 0 Å². The van der Waals surface area contributed by atoms with E-state index >= 15 is 0 Å². The second-order valence-electron chi connectivity index (χ2n) is 7.58. The van der Waals surface area contributed by atoms with Crippen molar-refractivity contribution in [3.05, 3.63) is 67.4 Å². The first kappa shape index (κ1) is 35.1. The molecule has 0 aliphatic heterocycles. The van der Waals surface area contributed by atoms with E-state index in [9.17, 15) is 25.9 Å². The van der Waals surface area contributed by atoms with Gasteiger partial charge < -0.3 is 39.7 Å². The van der Waals surface area contributed by atoms with E-state index in [1.54, 1.807) is 0 Å². The molecule has 2 aromatic heterocycles. The summed E-state index contributed by atoms with van der Waals surface area (Å²) in [5.74, 6) is 0.609. The molecule has 0 unspecified atom stereocenters. The number of anilines is 4. The second kappa shape index (κ2) is 13.9. The molecule has 40 heavy (non-hydrogen) atoms. The second-order valence-corrected chi connectivity index (χ2v) is 12.0. The fraction of sp³-hybridized carbons (Fsp3) is 0. The van der Waals surface area contributed by atoms with E-state index in [0.29, 0.717) is 20.9 Å². The zero-order valence-corrected chi connectivity index (χ0v) is 29.4. The third-order valence-corrected chi connectivity index (χ3v) is 7.47. The molecule has 0 amide bonds. The molecule has 198 valence electrons.